The second-order valence-corrected chi connectivity index (χ2v) is 3.33. The van der Waals surface area contributed by atoms with Gasteiger partial charge in [0.25, 0.3) is 0 Å². The average Bonchev–Trinajstić information content (AvgIpc) is 2.09. The van der Waals surface area contributed by atoms with Crippen LogP contribution in [0.15, 0.2) is 24.3 Å². The van der Waals surface area contributed by atoms with Crippen LogP contribution in [-0.4, -0.2) is 5.38 Å². The molecule has 0 bridgehead atoms. The third kappa shape index (κ3) is 2.41. The molecular weight excluding hydrogens is 193 g/mol. The zero-order chi connectivity index (χ0) is 8.97. The van der Waals surface area contributed by atoms with E-state index in [4.69, 9.17) is 28.5 Å². The second-order valence-electron chi connectivity index (χ2n) is 2.39. The van der Waals surface area contributed by atoms with Gasteiger partial charge < -0.3 is 0 Å². The van der Waals surface area contributed by atoms with Crippen LogP contribution in [0.25, 0.3) is 0 Å². The van der Waals surface area contributed by atoms with Gasteiger partial charge in [0, 0.05) is 11.4 Å². The van der Waals surface area contributed by atoms with Gasteiger partial charge >= 0.3 is 0 Å². The van der Waals surface area contributed by atoms with Crippen LogP contribution in [0.4, 0.5) is 0 Å². The van der Waals surface area contributed by atoms with E-state index in [1.165, 1.54) is 0 Å². The van der Waals surface area contributed by atoms with Crippen LogP contribution in [0.2, 0.25) is 5.02 Å². The van der Waals surface area contributed by atoms with Crippen molar-refractivity contribution in [1.82, 2.24) is 0 Å². The molecule has 0 aliphatic carbocycles. The standard InChI is InChI=1S/C9H7Cl2N/c10-8(6-12)5-7-3-1-2-4-9(7)11/h1-4,8H,5H2. The van der Waals surface area contributed by atoms with Crippen LogP contribution in [0.3, 0.4) is 0 Å². The van der Waals surface area contributed by atoms with Gasteiger partial charge in [-0.1, -0.05) is 29.8 Å². The molecule has 0 N–H and O–H groups in total. The van der Waals surface area contributed by atoms with Crippen molar-refractivity contribution >= 4 is 23.2 Å². The molecule has 1 aromatic rings. The maximum absolute atomic E-state index is 8.46. The number of benzene rings is 1. The van der Waals surface area contributed by atoms with E-state index in [1.807, 2.05) is 24.3 Å². The molecular formula is C9H7Cl2N. The summed E-state index contributed by atoms with van der Waals surface area (Å²) < 4.78 is 0. The summed E-state index contributed by atoms with van der Waals surface area (Å²) in [5.74, 6) is 0. The van der Waals surface area contributed by atoms with Crippen LogP contribution in [0.5, 0.6) is 0 Å². The summed E-state index contributed by atoms with van der Waals surface area (Å²) in [5, 5.41) is 8.63. The molecule has 0 fully saturated rings. The first-order valence-corrected chi connectivity index (χ1v) is 4.32. The highest BCUT2D eigenvalue weighted by Crippen LogP contribution is 2.17. The van der Waals surface area contributed by atoms with E-state index in [0.29, 0.717) is 11.4 Å². The fourth-order valence-electron chi connectivity index (χ4n) is 0.903. The second kappa shape index (κ2) is 4.35. The van der Waals surface area contributed by atoms with Crippen molar-refractivity contribution in [3.63, 3.8) is 0 Å². The van der Waals surface area contributed by atoms with Gasteiger partial charge in [0.2, 0.25) is 0 Å². The van der Waals surface area contributed by atoms with E-state index >= 15 is 0 Å². The minimum Gasteiger partial charge on any atom is -0.197 e. The normalized spacial score (nSPS) is 12.1. The molecule has 1 aromatic carbocycles. The Labute approximate surface area is 81.5 Å². The first kappa shape index (κ1) is 9.38. The van der Waals surface area contributed by atoms with Gasteiger partial charge in [0.1, 0.15) is 5.38 Å². The lowest BCUT2D eigenvalue weighted by atomic mass is 10.1. The molecule has 1 rings (SSSR count). The number of alkyl halides is 1. The molecule has 0 heterocycles. The summed E-state index contributed by atoms with van der Waals surface area (Å²) in [4.78, 5) is 0. The number of rotatable bonds is 2. The molecule has 0 saturated heterocycles. The predicted octanol–water partition coefficient (Wildman–Crippen LogP) is 3.01. The first-order chi connectivity index (χ1) is 5.74. The van der Waals surface area contributed by atoms with Gasteiger partial charge in [0.15, 0.2) is 0 Å². The Bertz CT molecular complexity index is 304. The molecule has 0 spiro atoms. The Morgan fingerprint density at radius 1 is 1.42 bits per heavy atom. The summed E-state index contributed by atoms with van der Waals surface area (Å²) in [5.41, 5.74) is 0.917. The monoisotopic (exact) mass is 199 g/mol. The molecule has 1 nitrogen and oxygen atoms in total. The van der Waals surface area contributed by atoms with Crippen molar-refractivity contribution in [3.8, 4) is 6.07 Å². The molecule has 62 valence electrons. The molecule has 0 aliphatic heterocycles. The van der Waals surface area contributed by atoms with Crippen LogP contribution in [0.1, 0.15) is 5.56 Å². The number of halogens is 2. The van der Waals surface area contributed by atoms with Crippen LogP contribution < -0.4 is 0 Å². The van der Waals surface area contributed by atoms with Gasteiger partial charge in [0.05, 0.1) is 6.07 Å². The topological polar surface area (TPSA) is 23.8 Å². The van der Waals surface area contributed by atoms with Crippen molar-refractivity contribution in [2.45, 2.75) is 11.8 Å². The molecule has 0 saturated carbocycles. The highest BCUT2D eigenvalue weighted by Gasteiger charge is 2.05. The molecule has 3 heteroatoms. The largest absolute Gasteiger partial charge is 0.197 e. The van der Waals surface area contributed by atoms with E-state index in [2.05, 4.69) is 0 Å². The van der Waals surface area contributed by atoms with Crippen molar-refractivity contribution < 1.29 is 0 Å². The van der Waals surface area contributed by atoms with E-state index in [0.717, 1.165) is 5.56 Å². The Kier molecular flexibility index (Phi) is 3.40. The molecule has 12 heavy (non-hydrogen) atoms. The maximum atomic E-state index is 8.46. The lowest BCUT2D eigenvalue weighted by molar-refractivity contribution is 1.02. The number of nitrogens with zero attached hydrogens (tertiary/aromatic N) is 1. The van der Waals surface area contributed by atoms with Crippen LogP contribution >= 0.6 is 23.2 Å². The van der Waals surface area contributed by atoms with Crippen molar-refractivity contribution in [1.29, 1.82) is 5.26 Å². The molecule has 0 radical (unpaired) electrons. The SMILES string of the molecule is N#CC(Cl)Cc1ccccc1Cl. The predicted molar refractivity (Wildman–Crippen MR) is 50.4 cm³/mol. The number of nitriles is 1. The number of hydrogen-bond acceptors (Lipinski definition) is 1. The van der Waals surface area contributed by atoms with E-state index in [-0.39, 0.29) is 0 Å². The maximum Gasteiger partial charge on any atom is 0.124 e. The highest BCUT2D eigenvalue weighted by atomic mass is 35.5. The molecule has 0 aliphatic rings. The molecule has 1 unspecified atom stereocenters. The minimum atomic E-state index is -0.495. The van der Waals surface area contributed by atoms with Crippen molar-refractivity contribution in [2.75, 3.05) is 0 Å². The van der Waals surface area contributed by atoms with E-state index in [9.17, 15) is 0 Å². The summed E-state index contributed by atoms with van der Waals surface area (Å²) in [6.45, 7) is 0. The van der Waals surface area contributed by atoms with Gasteiger partial charge in [-0.2, -0.15) is 5.26 Å². The van der Waals surface area contributed by atoms with Crippen molar-refractivity contribution in [3.05, 3.63) is 34.9 Å². The van der Waals surface area contributed by atoms with Gasteiger partial charge in [-0.3, -0.25) is 0 Å². The fraction of sp³-hybridized carbons (Fsp3) is 0.222. The zero-order valence-corrected chi connectivity index (χ0v) is 7.81. The van der Waals surface area contributed by atoms with E-state index < -0.39 is 5.38 Å². The minimum absolute atomic E-state index is 0.495. The summed E-state index contributed by atoms with van der Waals surface area (Å²) in [6.07, 6.45) is 0.498. The Balaban J connectivity index is 2.77. The van der Waals surface area contributed by atoms with Crippen molar-refractivity contribution in [2.24, 2.45) is 0 Å². The highest BCUT2D eigenvalue weighted by molar-refractivity contribution is 6.31. The Hall–Kier alpha value is -0.710. The smallest absolute Gasteiger partial charge is 0.124 e. The lowest BCUT2D eigenvalue weighted by Gasteiger charge is -2.02. The molecule has 0 aromatic heterocycles. The quantitative estimate of drug-likeness (QED) is 0.673. The molecule has 0 amide bonds. The first-order valence-electron chi connectivity index (χ1n) is 3.51. The van der Waals surface area contributed by atoms with Gasteiger partial charge in [-0.05, 0) is 11.6 Å². The summed E-state index contributed by atoms with van der Waals surface area (Å²) in [6, 6.07) is 9.33. The molecule has 1 atom stereocenters. The van der Waals surface area contributed by atoms with Crippen LogP contribution in [0, 0.1) is 11.3 Å². The van der Waals surface area contributed by atoms with Gasteiger partial charge in [-0.25, -0.2) is 0 Å². The summed E-state index contributed by atoms with van der Waals surface area (Å²) >= 11 is 11.5. The summed E-state index contributed by atoms with van der Waals surface area (Å²) in [7, 11) is 0. The third-order valence-electron chi connectivity index (χ3n) is 1.50. The third-order valence-corrected chi connectivity index (χ3v) is 2.12. The lowest BCUT2D eigenvalue weighted by Crippen LogP contribution is -1.99. The Morgan fingerprint density at radius 3 is 2.67 bits per heavy atom. The average molecular weight is 200 g/mol. The number of hydrogen-bond donors (Lipinski definition) is 0. The Morgan fingerprint density at radius 2 is 2.08 bits per heavy atom. The van der Waals surface area contributed by atoms with Crippen LogP contribution in [-0.2, 0) is 6.42 Å². The van der Waals surface area contributed by atoms with Gasteiger partial charge in [-0.15, -0.1) is 11.6 Å². The zero-order valence-electron chi connectivity index (χ0n) is 6.30. The fourth-order valence-corrected chi connectivity index (χ4v) is 1.28. The van der Waals surface area contributed by atoms with E-state index in [1.54, 1.807) is 6.07 Å².